The number of nitrogens with one attached hydrogen (secondary N) is 1. The van der Waals surface area contributed by atoms with E-state index in [9.17, 15) is 4.79 Å². The molecular formula is C19H27IN2O. The van der Waals surface area contributed by atoms with Gasteiger partial charge in [-0.1, -0.05) is 37.8 Å². The van der Waals surface area contributed by atoms with Gasteiger partial charge in [0, 0.05) is 15.7 Å². The number of nitrogens with zero attached hydrogens (tertiary/aromatic N) is 1. The summed E-state index contributed by atoms with van der Waals surface area (Å²) in [4.78, 5) is 15.3. The van der Waals surface area contributed by atoms with Crippen molar-refractivity contribution in [1.29, 1.82) is 0 Å². The Hall–Kier alpha value is -0.620. The molecule has 0 spiro atoms. The van der Waals surface area contributed by atoms with Gasteiger partial charge >= 0.3 is 0 Å². The Balaban J connectivity index is 1.69. The minimum atomic E-state index is 0.0805. The van der Waals surface area contributed by atoms with E-state index >= 15 is 0 Å². The third-order valence-corrected chi connectivity index (χ3v) is 6.45. The van der Waals surface area contributed by atoms with E-state index in [0.29, 0.717) is 0 Å². The Morgan fingerprint density at radius 3 is 2.39 bits per heavy atom. The molecule has 1 saturated heterocycles. The van der Waals surface area contributed by atoms with Gasteiger partial charge in [-0.3, -0.25) is 9.69 Å². The summed E-state index contributed by atoms with van der Waals surface area (Å²) in [5.74, 6) is 0.0805. The average molecular weight is 426 g/mol. The predicted octanol–water partition coefficient (Wildman–Crippen LogP) is 4.21. The third-order valence-electron chi connectivity index (χ3n) is 5.51. The number of benzene rings is 1. The van der Waals surface area contributed by atoms with E-state index in [2.05, 4.69) is 32.8 Å². The number of rotatable bonds is 4. The highest BCUT2D eigenvalue weighted by molar-refractivity contribution is 14.1. The van der Waals surface area contributed by atoms with Crippen LogP contribution in [0.15, 0.2) is 24.3 Å². The quantitative estimate of drug-likeness (QED) is 0.732. The zero-order valence-corrected chi connectivity index (χ0v) is 16.0. The van der Waals surface area contributed by atoms with Crippen molar-refractivity contribution in [2.75, 3.05) is 19.6 Å². The molecule has 1 saturated carbocycles. The van der Waals surface area contributed by atoms with Crippen molar-refractivity contribution in [2.24, 2.45) is 0 Å². The fourth-order valence-corrected chi connectivity index (χ4v) is 4.80. The second-order valence-corrected chi connectivity index (χ2v) is 8.16. The highest BCUT2D eigenvalue weighted by Gasteiger charge is 2.38. The topological polar surface area (TPSA) is 32.3 Å². The number of piperidine rings is 1. The van der Waals surface area contributed by atoms with Gasteiger partial charge in [-0.05, 0) is 73.5 Å². The van der Waals surface area contributed by atoms with Crippen molar-refractivity contribution in [3.8, 4) is 0 Å². The fraction of sp³-hybridized carbons (Fsp3) is 0.632. The van der Waals surface area contributed by atoms with Gasteiger partial charge in [0.05, 0.1) is 5.56 Å². The summed E-state index contributed by atoms with van der Waals surface area (Å²) in [6.45, 7) is 3.22. The normalized spacial score (nSPS) is 21.8. The molecule has 1 aromatic carbocycles. The summed E-state index contributed by atoms with van der Waals surface area (Å²) in [7, 11) is 0. The summed E-state index contributed by atoms with van der Waals surface area (Å²) in [5.41, 5.74) is 1.01. The van der Waals surface area contributed by atoms with E-state index in [0.717, 1.165) is 15.7 Å². The average Bonchev–Trinajstić information content (AvgIpc) is 2.62. The molecule has 1 aliphatic heterocycles. The molecule has 0 radical (unpaired) electrons. The molecule has 0 aromatic heterocycles. The molecule has 126 valence electrons. The van der Waals surface area contributed by atoms with Crippen LogP contribution in [-0.4, -0.2) is 36.0 Å². The van der Waals surface area contributed by atoms with Crippen molar-refractivity contribution in [3.05, 3.63) is 33.4 Å². The smallest absolute Gasteiger partial charge is 0.252 e. The minimum absolute atomic E-state index is 0.0805. The Kier molecular flexibility index (Phi) is 5.96. The van der Waals surface area contributed by atoms with Gasteiger partial charge in [-0.2, -0.15) is 0 Å². The van der Waals surface area contributed by atoms with E-state index in [-0.39, 0.29) is 11.4 Å². The molecule has 0 bridgehead atoms. The van der Waals surface area contributed by atoms with E-state index in [4.69, 9.17) is 0 Å². The first-order chi connectivity index (χ1) is 11.2. The maximum absolute atomic E-state index is 12.6. The molecule has 23 heavy (non-hydrogen) atoms. The molecule has 0 unspecified atom stereocenters. The number of carbonyl (C=O) groups excluding carboxylic acids is 1. The molecule has 1 heterocycles. The van der Waals surface area contributed by atoms with Gasteiger partial charge in [0.1, 0.15) is 0 Å². The number of halogens is 1. The Morgan fingerprint density at radius 1 is 1.04 bits per heavy atom. The van der Waals surface area contributed by atoms with E-state index in [1.165, 1.54) is 64.5 Å². The Morgan fingerprint density at radius 2 is 1.70 bits per heavy atom. The maximum atomic E-state index is 12.6. The van der Waals surface area contributed by atoms with Crippen LogP contribution in [0.1, 0.15) is 61.7 Å². The maximum Gasteiger partial charge on any atom is 0.252 e. The molecule has 2 fully saturated rings. The zero-order chi connectivity index (χ0) is 16.1. The van der Waals surface area contributed by atoms with Gasteiger partial charge in [0.2, 0.25) is 0 Å². The lowest BCUT2D eigenvalue weighted by molar-refractivity contribution is 0.0326. The molecular weight excluding hydrogens is 399 g/mol. The first-order valence-corrected chi connectivity index (χ1v) is 10.1. The van der Waals surface area contributed by atoms with Gasteiger partial charge in [0.25, 0.3) is 5.91 Å². The van der Waals surface area contributed by atoms with Crippen molar-refractivity contribution >= 4 is 28.5 Å². The summed E-state index contributed by atoms with van der Waals surface area (Å²) < 4.78 is 1.03. The van der Waals surface area contributed by atoms with Crippen LogP contribution in [0, 0.1) is 3.57 Å². The lowest BCUT2D eigenvalue weighted by Crippen LogP contribution is -2.58. The Bertz CT molecular complexity index is 534. The number of hydrogen-bond acceptors (Lipinski definition) is 2. The van der Waals surface area contributed by atoms with Crippen LogP contribution in [0.2, 0.25) is 0 Å². The first-order valence-electron chi connectivity index (χ1n) is 8.99. The molecule has 1 N–H and O–H groups in total. The highest BCUT2D eigenvalue weighted by Crippen LogP contribution is 2.35. The van der Waals surface area contributed by atoms with Crippen LogP contribution in [0.3, 0.4) is 0 Å². The molecule has 3 rings (SSSR count). The van der Waals surface area contributed by atoms with Crippen molar-refractivity contribution in [3.63, 3.8) is 0 Å². The SMILES string of the molecule is O=C(NCC1(N2CCCCC2)CCCCC1)c1ccccc1I. The van der Waals surface area contributed by atoms with E-state index in [1.807, 2.05) is 24.3 Å². The Labute approximate surface area is 153 Å². The van der Waals surface area contributed by atoms with Crippen LogP contribution in [0.25, 0.3) is 0 Å². The molecule has 0 atom stereocenters. The molecule has 4 heteroatoms. The second-order valence-electron chi connectivity index (χ2n) is 7.00. The number of hydrogen-bond donors (Lipinski definition) is 1. The van der Waals surface area contributed by atoms with Gasteiger partial charge in [-0.15, -0.1) is 0 Å². The first kappa shape index (κ1) is 17.2. The van der Waals surface area contributed by atoms with Crippen LogP contribution < -0.4 is 5.32 Å². The molecule has 1 aromatic rings. The second kappa shape index (κ2) is 7.97. The van der Waals surface area contributed by atoms with E-state index < -0.39 is 0 Å². The largest absolute Gasteiger partial charge is 0.350 e. The van der Waals surface area contributed by atoms with Crippen molar-refractivity contribution in [2.45, 2.75) is 56.9 Å². The molecule has 1 aliphatic carbocycles. The fourth-order valence-electron chi connectivity index (χ4n) is 4.17. The molecule has 2 aliphatic rings. The van der Waals surface area contributed by atoms with Crippen molar-refractivity contribution in [1.82, 2.24) is 10.2 Å². The molecule has 1 amide bonds. The van der Waals surface area contributed by atoms with Crippen molar-refractivity contribution < 1.29 is 4.79 Å². The standard InChI is InChI=1S/C19H27IN2O/c20-17-10-4-3-9-16(17)18(23)21-15-19(11-5-1-6-12-19)22-13-7-2-8-14-22/h3-4,9-10H,1-2,5-8,11-15H2,(H,21,23). The summed E-state index contributed by atoms with van der Waals surface area (Å²) >= 11 is 2.25. The lowest BCUT2D eigenvalue weighted by atomic mass is 9.79. The highest BCUT2D eigenvalue weighted by atomic mass is 127. The third kappa shape index (κ3) is 4.08. The number of carbonyl (C=O) groups is 1. The monoisotopic (exact) mass is 426 g/mol. The van der Waals surface area contributed by atoms with Gasteiger partial charge < -0.3 is 5.32 Å². The van der Waals surface area contributed by atoms with Crippen LogP contribution in [-0.2, 0) is 0 Å². The van der Waals surface area contributed by atoms with E-state index in [1.54, 1.807) is 0 Å². The number of amides is 1. The molecule has 3 nitrogen and oxygen atoms in total. The minimum Gasteiger partial charge on any atom is -0.350 e. The zero-order valence-electron chi connectivity index (χ0n) is 13.8. The van der Waals surface area contributed by atoms with Gasteiger partial charge in [-0.25, -0.2) is 0 Å². The van der Waals surface area contributed by atoms with Crippen LogP contribution in [0.4, 0.5) is 0 Å². The van der Waals surface area contributed by atoms with Gasteiger partial charge in [0.15, 0.2) is 0 Å². The predicted molar refractivity (Wildman–Crippen MR) is 103 cm³/mol. The number of likely N-dealkylation sites (tertiary alicyclic amines) is 1. The van der Waals surface area contributed by atoms with Crippen LogP contribution >= 0.6 is 22.6 Å². The lowest BCUT2D eigenvalue weighted by Gasteiger charge is -2.48. The summed E-state index contributed by atoms with van der Waals surface area (Å²) in [5, 5.41) is 3.26. The van der Waals surface area contributed by atoms with Crippen LogP contribution in [0.5, 0.6) is 0 Å². The summed E-state index contributed by atoms with van der Waals surface area (Å²) in [6, 6.07) is 7.84. The summed E-state index contributed by atoms with van der Waals surface area (Å²) in [6.07, 6.45) is 10.4.